The molecular weight excluding hydrogens is 268 g/mol. The average Bonchev–Trinajstić information content (AvgIpc) is 2.99. The van der Waals surface area contributed by atoms with Gasteiger partial charge in [-0.25, -0.2) is 14.8 Å². The summed E-state index contributed by atoms with van der Waals surface area (Å²) in [5.74, 6) is -1.53. The zero-order chi connectivity index (χ0) is 13.8. The van der Waals surface area contributed by atoms with E-state index in [1.54, 1.807) is 6.92 Å². The number of carbonyl (C=O) groups excluding carboxylic acids is 1. The summed E-state index contributed by atoms with van der Waals surface area (Å²) in [7, 11) is 0. The fourth-order valence-corrected chi connectivity index (χ4v) is 2.19. The molecule has 7 nitrogen and oxygen atoms in total. The number of rotatable bonds is 5. The van der Waals surface area contributed by atoms with E-state index in [2.05, 4.69) is 20.3 Å². The van der Waals surface area contributed by atoms with E-state index < -0.39 is 17.9 Å². The van der Waals surface area contributed by atoms with Crippen LogP contribution in [0.5, 0.6) is 0 Å². The number of amides is 1. The van der Waals surface area contributed by atoms with Gasteiger partial charge >= 0.3 is 5.97 Å². The number of aromatic nitrogens is 3. The van der Waals surface area contributed by atoms with Crippen LogP contribution < -0.4 is 5.32 Å². The number of aromatic amines is 1. The number of nitrogens with one attached hydrogen (secondary N) is 2. The van der Waals surface area contributed by atoms with Crippen molar-refractivity contribution in [2.75, 3.05) is 0 Å². The van der Waals surface area contributed by atoms with Gasteiger partial charge in [-0.2, -0.15) is 0 Å². The molecule has 1 unspecified atom stereocenters. The predicted octanol–water partition coefficient (Wildman–Crippen LogP) is 0.600. The molecule has 1 amide bonds. The van der Waals surface area contributed by atoms with Gasteiger partial charge < -0.3 is 15.4 Å². The van der Waals surface area contributed by atoms with Crippen molar-refractivity contribution >= 4 is 23.2 Å². The standard InChI is InChI=1S/C11H12N4O3S/c1-6-13-4-9(19-6)10(16)15-8(11(17)18)2-7-3-12-5-14-7/h3-5,8H,2H2,1H3,(H,12,14)(H,15,16)(H,17,18). The molecular formula is C11H12N4O3S. The van der Waals surface area contributed by atoms with Crippen LogP contribution in [0.3, 0.4) is 0 Å². The second kappa shape index (κ2) is 5.61. The van der Waals surface area contributed by atoms with Crippen LogP contribution in [0.25, 0.3) is 0 Å². The van der Waals surface area contributed by atoms with Gasteiger partial charge in [0.1, 0.15) is 10.9 Å². The molecule has 0 aromatic carbocycles. The summed E-state index contributed by atoms with van der Waals surface area (Å²) in [6.45, 7) is 1.78. The van der Waals surface area contributed by atoms with Gasteiger partial charge in [0.05, 0.1) is 17.5 Å². The van der Waals surface area contributed by atoms with E-state index in [9.17, 15) is 9.59 Å². The number of aliphatic carboxylic acids is 1. The minimum absolute atomic E-state index is 0.152. The van der Waals surface area contributed by atoms with E-state index in [1.165, 1.54) is 30.1 Å². The third-order valence-electron chi connectivity index (χ3n) is 2.43. The lowest BCUT2D eigenvalue weighted by molar-refractivity contribution is -0.139. The summed E-state index contributed by atoms with van der Waals surface area (Å²) in [4.78, 5) is 34.0. The minimum Gasteiger partial charge on any atom is -0.480 e. The molecule has 1 atom stereocenters. The Morgan fingerprint density at radius 2 is 2.32 bits per heavy atom. The van der Waals surface area contributed by atoms with Crippen molar-refractivity contribution in [1.29, 1.82) is 0 Å². The van der Waals surface area contributed by atoms with E-state index >= 15 is 0 Å². The van der Waals surface area contributed by atoms with Crippen molar-refractivity contribution in [3.8, 4) is 0 Å². The number of carbonyl (C=O) groups is 2. The summed E-state index contributed by atoms with van der Waals surface area (Å²) in [6.07, 6.45) is 4.57. The zero-order valence-electron chi connectivity index (χ0n) is 10.1. The fraction of sp³-hybridized carbons (Fsp3) is 0.273. The molecule has 2 aromatic rings. The zero-order valence-corrected chi connectivity index (χ0v) is 10.9. The molecule has 19 heavy (non-hydrogen) atoms. The Kier molecular flexibility index (Phi) is 3.91. The second-order valence-corrected chi connectivity index (χ2v) is 5.12. The predicted molar refractivity (Wildman–Crippen MR) is 68.0 cm³/mol. The number of nitrogens with zero attached hydrogens (tertiary/aromatic N) is 2. The maximum Gasteiger partial charge on any atom is 0.326 e. The maximum absolute atomic E-state index is 11.9. The quantitative estimate of drug-likeness (QED) is 0.743. The monoisotopic (exact) mass is 280 g/mol. The van der Waals surface area contributed by atoms with Crippen molar-refractivity contribution < 1.29 is 14.7 Å². The number of hydrogen-bond acceptors (Lipinski definition) is 5. The van der Waals surface area contributed by atoms with E-state index in [-0.39, 0.29) is 6.42 Å². The highest BCUT2D eigenvalue weighted by molar-refractivity contribution is 7.13. The second-order valence-electron chi connectivity index (χ2n) is 3.89. The molecule has 2 heterocycles. The Hall–Kier alpha value is -2.22. The molecule has 0 aliphatic carbocycles. The Morgan fingerprint density at radius 1 is 1.53 bits per heavy atom. The van der Waals surface area contributed by atoms with Crippen LogP contribution in [0, 0.1) is 6.92 Å². The van der Waals surface area contributed by atoms with Crippen molar-refractivity contribution in [2.24, 2.45) is 0 Å². The van der Waals surface area contributed by atoms with Gasteiger partial charge in [-0.15, -0.1) is 11.3 Å². The largest absolute Gasteiger partial charge is 0.480 e. The van der Waals surface area contributed by atoms with Crippen LogP contribution in [0.1, 0.15) is 20.4 Å². The summed E-state index contributed by atoms with van der Waals surface area (Å²) in [5, 5.41) is 12.3. The summed E-state index contributed by atoms with van der Waals surface area (Å²) in [6, 6.07) is -1.00. The van der Waals surface area contributed by atoms with Crippen LogP contribution >= 0.6 is 11.3 Å². The molecule has 0 aliphatic heterocycles. The molecule has 100 valence electrons. The van der Waals surface area contributed by atoms with Gasteiger partial charge in [0.2, 0.25) is 0 Å². The van der Waals surface area contributed by atoms with Gasteiger partial charge in [0, 0.05) is 18.3 Å². The molecule has 0 saturated heterocycles. The van der Waals surface area contributed by atoms with Crippen LogP contribution in [0.4, 0.5) is 0 Å². The van der Waals surface area contributed by atoms with Crippen LogP contribution in [-0.2, 0) is 11.2 Å². The minimum atomic E-state index is -1.09. The first-order valence-electron chi connectivity index (χ1n) is 5.49. The molecule has 0 saturated carbocycles. The topological polar surface area (TPSA) is 108 Å². The number of aryl methyl sites for hydroxylation is 1. The van der Waals surface area contributed by atoms with E-state index in [0.29, 0.717) is 10.6 Å². The van der Waals surface area contributed by atoms with Crippen LogP contribution in [0.2, 0.25) is 0 Å². The molecule has 0 fully saturated rings. The number of carboxylic acids is 1. The van der Waals surface area contributed by atoms with Gasteiger partial charge in [-0.05, 0) is 6.92 Å². The third-order valence-corrected chi connectivity index (χ3v) is 3.34. The maximum atomic E-state index is 11.9. The van der Waals surface area contributed by atoms with Crippen molar-refractivity contribution in [1.82, 2.24) is 20.3 Å². The molecule has 3 N–H and O–H groups in total. The lowest BCUT2D eigenvalue weighted by atomic mass is 10.1. The molecule has 0 bridgehead atoms. The SMILES string of the molecule is Cc1ncc(C(=O)NC(Cc2cnc[nH]2)C(=O)O)s1. The molecule has 2 rings (SSSR count). The number of thiazole rings is 1. The lowest BCUT2D eigenvalue weighted by Crippen LogP contribution is -2.42. The number of imidazole rings is 1. The Balaban J connectivity index is 2.04. The first kappa shape index (κ1) is 13.2. The van der Waals surface area contributed by atoms with Crippen molar-refractivity contribution in [2.45, 2.75) is 19.4 Å². The van der Waals surface area contributed by atoms with Crippen LogP contribution in [0.15, 0.2) is 18.7 Å². The number of hydrogen-bond donors (Lipinski definition) is 3. The fourth-order valence-electron chi connectivity index (χ4n) is 1.51. The van der Waals surface area contributed by atoms with Crippen LogP contribution in [-0.4, -0.2) is 38.0 Å². The molecule has 0 radical (unpaired) electrons. The van der Waals surface area contributed by atoms with E-state index in [1.807, 2.05) is 0 Å². The van der Waals surface area contributed by atoms with Crippen molar-refractivity contribution in [3.63, 3.8) is 0 Å². The van der Waals surface area contributed by atoms with Crippen molar-refractivity contribution in [3.05, 3.63) is 34.3 Å². The summed E-state index contributed by atoms with van der Waals surface area (Å²) >= 11 is 1.22. The molecule has 0 spiro atoms. The molecule has 0 aliphatic rings. The first-order valence-corrected chi connectivity index (χ1v) is 6.31. The number of H-pyrrole nitrogens is 1. The molecule has 2 aromatic heterocycles. The Bertz CT molecular complexity index is 579. The Labute approximate surface area is 112 Å². The van der Waals surface area contributed by atoms with E-state index in [0.717, 1.165) is 5.01 Å². The number of carboxylic acid groups (broad SMARTS) is 1. The normalized spacial score (nSPS) is 12.1. The van der Waals surface area contributed by atoms with Gasteiger partial charge in [0.25, 0.3) is 5.91 Å². The van der Waals surface area contributed by atoms with Gasteiger partial charge in [0.15, 0.2) is 0 Å². The Morgan fingerprint density at radius 3 is 2.84 bits per heavy atom. The van der Waals surface area contributed by atoms with Gasteiger partial charge in [-0.3, -0.25) is 4.79 Å². The molecule has 8 heteroatoms. The highest BCUT2D eigenvalue weighted by Crippen LogP contribution is 2.11. The first-order chi connectivity index (χ1) is 9.06. The highest BCUT2D eigenvalue weighted by atomic mass is 32.1. The third kappa shape index (κ3) is 3.38. The lowest BCUT2D eigenvalue weighted by Gasteiger charge is -2.12. The summed E-state index contributed by atoms with van der Waals surface area (Å²) in [5.41, 5.74) is 0.646. The summed E-state index contributed by atoms with van der Waals surface area (Å²) < 4.78 is 0. The average molecular weight is 280 g/mol. The smallest absolute Gasteiger partial charge is 0.326 e. The van der Waals surface area contributed by atoms with E-state index in [4.69, 9.17) is 5.11 Å². The highest BCUT2D eigenvalue weighted by Gasteiger charge is 2.22. The van der Waals surface area contributed by atoms with Gasteiger partial charge in [-0.1, -0.05) is 0 Å².